The van der Waals surface area contributed by atoms with Crippen molar-refractivity contribution in [1.82, 2.24) is 0 Å². The number of unbranched alkanes of at least 4 members (excludes halogenated alkanes) is 1. The van der Waals surface area contributed by atoms with Crippen molar-refractivity contribution in [2.45, 2.75) is 38.4 Å². The van der Waals surface area contributed by atoms with Crippen molar-refractivity contribution >= 4 is 24.0 Å². The van der Waals surface area contributed by atoms with Gasteiger partial charge in [0, 0.05) is 10.6 Å². The Morgan fingerprint density at radius 3 is 2.80 bits per heavy atom. The number of hydrogen-bond acceptors (Lipinski definition) is 4. The molecule has 0 aliphatic rings. The van der Waals surface area contributed by atoms with Crippen LogP contribution in [0.1, 0.15) is 36.3 Å². The van der Waals surface area contributed by atoms with E-state index in [-0.39, 0.29) is 5.75 Å². The molecule has 0 saturated heterocycles. The second-order valence-corrected chi connectivity index (χ2v) is 4.92. The van der Waals surface area contributed by atoms with E-state index in [2.05, 4.69) is 19.6 Å². The molecule has 0 aromatic carbocycles. The molecular formula is C11H18O2S2. The lowest BCUT2D eigenvalue weighted by Gasteiger charge is -2.16. The number of aliphatic hydroxyl groups excluding tert-OH is 2. The highest BCUT2D eigenvalue weighted by Gasteiger charge is 2.20. The van der Waals surface area contributed by atoms with E-state index in [4.69, 9.17) is 0 Å². The van der Waals surface area contributed by atoms with Crippen molar-refractivity contribution in [2.75, 3.05) is 5.75 Å². The summed E-state index contributed by atoms with van der Waals surface area (Å²) in [4.78, 5) is 0.894. The zero-order valence-electron chi connectivity index (χ0n) is 8.89. The fourth-order valence-electron chi connectivity index (χ4n) is 1.46. The predicted molar refractivity (Wildman–Crippen MR) is 67.8 cm³/mol. The number of hydrogen-bond donors (Lipinski definition) is 3. The third-order valence-corrected chi connectivity index (χ3v) is 3.80. The van der Waals surface area contributed by atoms with Crippen molar-refractivity contribution in [3.8, 4) is 0 Å². The molecule has 0 aliphatic heterocycles. The van der Waals surface area contributed by atoms with Crippen molar-refractivity contribution in [1.29, 1.82) is 0 Å². The molecule has 1 rings (SSSR count). The maximum absolute atomic E-state index is 9.87. The van der Waals surface area contributed by atoms with Crippen LogP contribution in [0, 0.1) is 0 Å². The SMILES string of the molecule is CCCCc1ccsc1C(O)C(O)CS. The minimum atomic E-state index is -0.783. The Morgan fingerprint density at radius 2 is 2.20 bits per heavy atom. The van der Waals surface area contributed by atoms with E-state index in [0.29, 0.717) is 0 Å². The summed E-state index contributed by atoms with van der Waals surface area (Å²) in [5.41, 5.74) is 1.16. The lowest BCUT2D eigenvalue weighted by molar-refractivity contribution is 0.0355. The van der Waals surface area contributed by atoms with Crippen molar-refractivity contribution < 1.29 is 10.2 Å². The van der Waals surface area contributed by atoms with Crippen LogP contribution in [0.5, 0.6) is 0 Å². The van der Waals surface area contributed by atoms with Gasteiger partial charge in [0.15, 0.2) is 0 Å². The number of aliphatic hydroxyl groups is 2. The normalized spacial score (nSPS) is 15.2. The first-order valence-corrected chi connectivity index (χ1v) is 6.75. The van der Waals surface area contributed by atoms with Gasteiger partial charge in [-0.1, -0.05) is 13.3 Å². The maximum Gasteiger partial charge on any atom is 0.115 e. The highest BCUT2D eigenvalue weighted by Crippen LogP contribution is 2.28. The van der Waals surface area contributed by atoms with Gasteiger partial charge in [0.1, 0.15) is 6.10 Å². The van der Waals surface area contributed by atoms with Gasteiger partial charge in [-0.3, -0.25) is 0 Å². The van der Waals surface area contributed by atoms with Crippen LogP contribution < -0.4 is 0 Å². The monoisotopic (exact) mass is 246 g/mol. The number of rotatable bonds is 6. The average Bonchev–Trinajstić information content (AvgIpc) is 2.72. The summed E-state index contributed by atoms with van der Waals surface area (Å²) in [5, 5.41) is 21.4. The molecule has 4 heteroatoms. The molecule has 2 nitrogen and oxygen atoms in total. The van der Waals surface area contributed by atoms with Crippen molar-refractivity contribution in [2.24, 2.45) is 0 Å². The third kappa shape index (κ3) is 3.48. The lowest BCUT2D eigenvalue weighted by atomic mass is 10.1. The zero-order valence-corrected chi connectivity index (χ0v) is 10.6. The molecule has 0 spiro atoms. The van der Waals surface area contributed by atoms with Crippen molar-refractivity contribution in [3.63, 3.8) is 0 Å². The summed E-state index contributed by atoms with van der Waals surface area (Å²) in [6, 6.07) is 2.03. The van der Waals surface area contributed by atoms with E-state index < -0.39 is 12.2 Å². The Balaban J connectivity index is 2.70. The first-order chi connectivity index (χ1) is 7.20. The molecule has 0 bridgehead atoms. The molecule has 0 amide bonds. The molecule has 86 valence electrons. The van der Waals surface area contributed by atoms with Gasteiger partial charge in [-0.05, 0) is 29.9 Å². The van der Waals surface area contributed by atoms with Crippen LogP contribution in [-0.4, -0.2) is 22.1 Å². The fourth-order valence-corrected chi connectivity index (χ4v) is 2.65. The van der Waals surface area contributed by atoms with Crippen LogP contribution in [0.3, 0.4) is 0 Å². The van der Waals surface area contributed by atoms with Gasteiger partial charge in [0.2, 0.25) is 0 Å². The summed E-state index contributed by atoms with van der Waals surface area (Å²) in [7, 11) is 0. The molecule has 1 aromatic heterocycles. The quantitative estimate of drug-likeness (QED) is 0.675. The Morgan fingerprint density at radius 1 is 1.47 bits per heavy atom. The Hall–Kier alpha value is -0.0300. The zero-order chi connectivity index (χ0) is 11.3. The van der Waals surface area contributed by atoms with E-state index in [9.17, 15) is 10.2 Å². The molecule has 2 atom stereocenters. The second kappa shape index (κ2) is 6.53. The average molecular weight is 246 g/mol. The minimum Gasteiger partial charge on any atom is -0.389 e. The molecule has 0 fully saturated rings. The smallest absolute Gasteiger partial charge is 0.115 e. The van der Waals surface area contributed by atoms with Gasteiger partial charge in [-0.25, -0.2) is 0 Å². The summed E-state index contributed by atoms with van der Waals surface area (Å²) in [6.45, 7) is 2.14. The largest absolute Gasteiger partial charge is 0.389 e. The summed E-state index contributed by atoms with van der Waals surface area (Å²) in [5.74, 6) is 0.284. The van der Waals surface area contributed by atoms with Crippen LogP contribution in [-0.2, 0) is 6.42 Å². The van der Waals surface area contributed by atoms with Gasteiger partial charge in [0.25, 0.3) is 0 Å². The molecule has 0 saturated carbocycles. The number of aryl methyl sites for hydroxylation is 1. The molecule has 2 N–H and O–H groups in total. The Bertz CT molecular complexity index is 286. The standard InChI is InChI=1S/C11H18O2S2/c1-2-3-4-8-5-6-15-11(8)10(13)9(12)7-14/h5-6,9-10,12-14H,2-4,7H2,1H3. The fraction of sp³-hybridized carbons (Fsp3) is 0.636. The van der Waals surface area contributed by atoms with Crippen LogP contribution in [0.4, 0.5) is 0 Å². The van der Waals surface area contributed by atoms with Crippen LogP contribution in [0.15, 0.2) is 11.4 Å². The van der Waals surface area contributed by atoms with Gasteiger partial charge in [-0.2, -0.15) is 12.6 Å². The van der Waals surface area contributed by atoms with E-state index in [1.165, 1.54) is 11.3 Å². The van der Waals surface area contributed by atoms with Gasteiger partial charge >= 0.3 is 0 Å². The van der Waals surface area contributed by atoms with Crippen LogP contribution in [0.2, 0.25) is 0 Å². The molecule has 1 aromatic rings. The summed E-state index contributed by atoms with van der Waals surface area (Å²) >= 11 is 5.49. The minimum absolute atomic E-state index is 0.284. The molecule has 0 aliphatic carbocycles. The highest BCUT2D eigenvalue weighted by molar-refractivity contribution is 7.80. The number of thiophene rings is 1. The van der Waals surface area contributed by atoms with Gasteiger partial charge < -0.3 is 10.2 Å². The first kappa shape index (κ1) is 13.0. The highest BCUT2D eigenvalue weighted by atomic mass is 32.1. The summed E-state index contributed by atoms with van der Waals surface area (Å²) < 4.78 is 0. The second-order valence-electron chi connectivity index (χ2n) is 3.61. The van der Waals surface area contributed by atoms with Gasteiger partial charge in [-0.15, -0.1) is 11.3 Å². The van der Waals surface area contributed by atoms with E-state index >= 15 is 0 Å². The van der Waals surface area contributed by atoms with E-state index in [1.54, 1.807) is 0 Å². The molecule has 2 unspecified atom stereocenters. The van der Waals surface area contributed by atoms with E-state index in [1.807, 2.05) is 11.4 Å². The third-order valence-electron chi connectivity index (χ3n) is 2.40. The Kier molecular flexibility index (Phi) is 5.68. The lowest BCUT2D eigenvalue weighted by Crippen LogP contribution is -2.19. The van der Waals surface area contributed by atoms with Crippen molar-refractivity contribution in [3.05, 3.63) is 21.9 Å². The molecular weight excluding hydrogens is 228 g/mol. The predicted octanol–water partition coefficient (Wildman–Crippen LogP) is 2.41. The Labute approximate surface area is 100 Å². The topological polar surface area (TPSA) is 40.5 Å². The van der Waals surface area contributed by atoms with Crippen LogP contribution >= 0.6 is 24.0 Å². The van der Waals surface area contributed by atoms with E-state index in [0.717, 1.165) is 29.7 Å². The molecule has 15 heavy (non-hydrogen) atoms. The maximum atomic E-state index is 9.87. The van der Waals surface area contributed by atoms with Crippen LogP contribution in [0.25, 0.3) is 0 Å². The number of thiol groups is 1. The molecule has 0 radical (unpaired) electrons. The van der Waals surface area contributed by atoms with Gasteiger partial charge in [0.05, 0.1) is 6.10 Å². The summed E-state index contributed by atoms with van der Waals surface area (Å²) in [6.07, 6.45) is 1.68. The first-order valence-electron chi connectivity index (χ1n) is 5.24. The molecule has 1 heterocycles.